The molecule has 3 unspecified atom stereocenters. The number of aliphatic hydroxyl groups is 1. The zero-order chi connectivity index (χ0) is 35.5. The van der Waals surface area contributed by atoms with E-state index in [-0.39, 0.29) is 19.3 Å². The summed E-state index contributed by atoms with van der Waals surface area (Å²) in [6.07, 6.45) is 18.7. The second-order valence-electron chi connectivity index (χ2n) is 13.0. The molecule has 0 fully saturated rings. The lowest BCUT2D eigenvalue weighted by atomic mass is 9.80. The second-order valence-corrected chi connectivity index (χ2v) is 13.0. The molecular formula is C44H62O6. The number of benzene rings is 3. The Bertz CT molecular complexity index is 1170. The Morgan fingerprint density at radius 3 is 1.60 bits per heavy atom. The SMILES string of the molecule is C#CCCCCCCCCCCCC(CC)OCC(O)COCCOC(C)OCCOC(c1ccccc1)(c1ccccc1)c1ccccc1. The molecule has 0 spiro atoms. The van der Waals surface area contributed by atoms with Gasteiger partial charge in [-0.3, -0.25) is 0 Å². The van der Waals surface area contributed by atoms with E-state index in [1.807, 2.05) is 61.5 Å². The Hall–Kier alpha value is -3.02. The largest absolute Gasteiger partial charge is 0.388 e. The fourth-order valence-electron chi connectivity index (χ4n) is 6.25. The van der Waals surface area contributed by atoms with Crippen molar-refractivity contribution < 1.29 is 28.8 Å². The third kappa shape index (κ3) is 15.5. The zero-order valence-electron chi connectivity index (χ0n) is 30.7. The minimum Gasteiger partial charge on any atom is -0.388 e. The van der Waals surface area contributed by atoms with Crippen LogP contribution in [0.5, 0.6) is 0 Å². The highest BCUT2D eigenvalue weighted by Crippen LogP contribution is 2.40. The van der Waals surface area contributed by atoms with Crippen LogP contribution in [0.2, 0.25) is 0 Å². The van der Waals surface area contributed by atoms with Crippen LogP contribution in [-0.2, 0) is 29.3 Å². The Labute approximate surface area is 302 Å². The van der Waals surface area contributed by atoms with Crippen molar-refractivity contribution in [1.29, 1.82) is 0 Å². The van der Waals surface area contributed by atoms with E-state index in [2.05, 4.69) is 49.2 Å². The van der Waals surface area contributed by atoms with Crippen molar-refractivity contribution in [1.82, 2.24) is 0 Å². The van der Waals surface area contributed by atoms with Crippen LogP contribution in [0, 0.1) is 12.3 Å². The van der Waals surface area contributed by atoms with Crippen LogP contribution in [-0.4, -0.2) is 63.2 Å². The first-order valence-corrected chi connectivity index (χ1v) is 18.9. The first-order chi connectivity index (χ1) is 24.6. The summed E-state index contributed by atoms with van der Waals surface area (Å²) in [7, 11) is 0. The average Bonchev–Trinajstić information content (AvgIpc) is 3.16. The van der Waals surface area contributed by atoms with Gasteiger partial charge in [-0.25, -0.2) is 0 Å². The normalized spacial score (nSPS) is 13.5. The second kappa shape index (κ2) is 25.9. The molecule has 274 valence electrons. The first kappa shape index (κ1) is 41.4. The molecule has 0 aromatic heterocycles. The Morgan fingerprint density at radius 1 is 0.620 bits per heavy atom. The number of hydrogen-bond donors (Lipinski definition) is 1. The quantitative estimate of drug-likeness (QED) is 0.0340. The highest BCUT2D eigenvalue weighted by molar-refractivity contribution is 5.47. The van der Waals surface area contributed by atoms with Gasteiger partial charge in [0.05, 0.1) is 45.7 Å². The Kier molecular flexibility index (Phi) is 21.4. The fraction of sp³-hybridized carbons (Fsp3) is 0.545. The fourth-order valence-corrected chi connectivity index (χ4v) is 6.25. The molecule has 0 amide bonds. The lowest BCUT2D eigenvalue weighted by Gasteiger charge is -2.36. The van der Waals surface area contributed by atoms with E-state index < -0.39 is 18.0 Å². The molecular weight excluding hydrogens is 624 g/mol. The minimum absolute atomic E-state index is 0.185. The van der Waals surface area contributed by atoms with Gasteiger partial charge in [-0.05, 0) is 42.9 Å². The molecule has 3 rings (SSSR count). The zero-order valence-corrected chi connectivity index (χ0v) is 30.7. The molecule has 1 N–H and O–H groups in total. The summed E-state index contributed by atoms with van der Waals surface area (Å²) in [5, 5.41) is 10.4. The van der Waals surface area contributed by atoms with Crippen LogP contribution in [0.4, 0.5) is 0 Å². The van der Waals surface area contributed by atoms with Gasteiger partial charge >= 0.3 is 0 Å². The number of terminal acetylenes is 1. The van der Waals surface area contributed by atoms with E-state index in [1.165, 1.54) is 57.8 Å². The summed E-state index contributed by atoms with van der Waals surface area (Å²) in [6, 6.07) is 30.9. The highest BCUT2D eigenvalue weighted by atomic mass is 16.7. The monoisotopic (exact) mass is 686 g/mol. The van der Waals surface area contributed by atoms with E-state index in [1.54, 1.807) is 0 Å². The van der Waals surface area contributed by atoms with E-state index in [4.69, 9.17) is 30.1 Å². The number of rotatable bonds is 29. The molecule has 0 aliphatic carbocycles. The Morgan fingerprint density at radius 2 is 1.10 bits per heavy atom. The third-order valence-corrected chi connectivity index (χ3v) is 9.01. The lowest BCUT2D eigenvalue weighted by Crippen LogP contribution is -2.34. The van der Waals surface area contributed by atoms with E-state index in [0.717, 1.165) is 36.0 Å². The summed E-state index contributed by atoms with van der Waals surface area (Å²) in [4.78, 5) is 0. The van der Waals surface area contributed by atoms with Crippen molar-refractivity contribution in [3.63, 3.8) is 0 Å². The van der Waals surface area contributed by atoms with Crippen molar-refractivity contribution in [3.8, 4) is 12.3 Å². The highest BCUT2D eigenvalue weighted by Gasteiger charge is 2.37. The van der Waals surface area contributed by atoms with Gasteiger partial charge in [0.15, 0.2) is 6.29 Å². The van der Waals surface area contributed by atoms with E-state index in [9.17, 15) is 5.11 Å². The van der Waals surface area contributed by atoms with Crippen LogP contribution < -0.4 is 0 Å². The first-order valence-electron chi connectivity index (χ1n) is 18.9. The molecule has 0 aliphatic rings. The maximum atomic E-state index is 10.4. The van der Waals surface area contributed by atoms with Crippen LogP contribution in [0.15, 0.2) is 91.0 Å². The third-order valence-electron chi connectivity index (χ3n) is 9.01. The number of ether oxygens (including phenoxy) is 5. The minimum atomic E-state index is -0.782. The van der Waals surface area contributed by atoms with E-state index in [0.29, 0.717) is 26.4 Å². The van der Waals surface area contributed by atoms with Gasteiger partial charge in [-0.15, -0.1) is 12.3 Å². The summed E-state index contributed by atoms with van der Waals surface area (Å²) >= 11 is 0. The van der Waals surface area contributed by atoms with E-state index >= 15 is 0 Å². The molecule has 6 nitrogen and oxygen atoms in total. The smallest absolute Gasteiger partial charge is 0.155 e. The van der Waals surface area contributed by atoms with Gasteiger partial charge in [0, 0.05) is 6.42 Å². The predicted octanol–water partition coefficient (Wildman–Crippen LogP) is 9.47. The van der Waals surface area contributed by atoms with Gasteiger partial charge in [0.25, 0.3) is 0 Å². The maximum Gasteiger partial charge on any atom is 0.155 e. The average molecular weight is 687 g/mol. The molecule has 50 heavy (non-hydrogen) atoms. The molecule has 3 atom stereocenters. The molecule has 0 bridgehead atoms. The number of unbranched alkanes of at least 4 members (excludes halogenated alkanes) is 9. The summed E-state index contributed by atoms with van der Waals surface area (Å²) < 4.78 is 30.2. The molecule has 3 aromatic rings. The van der Waals surface area contributed by atoms with Crippen molar-refractivity contribution in [2.45, 2.75) is 115 Å². The van der Waals surface area contributed by atoms with Gasteiger partial charge in [-0.2, -0.15) is 0 Å². The Balaban J connectivity index is 1.28. The van der Waals surface area contributed by atoms with Crippen LogP contribution in [0.25, 0.3) is 0 Å². The number of aliphatic hydroxyl groups excluding tert-OH is 1. The van der Waals surface area contributed by atoms with Crippen molar-refractivity contribution in [2.75, 3.05) is 39.6 Å². The van der Waals surface area contributed by atoms with Crippen molar-refractivity contribution in [3.05, 3.63) is 108 Å². The molecule has 0 saturated carbocycles. The summed E-state index contributed by atoms with van der Waals surface area (Å²) in [5.74, 6) is 2.72. The number of hydrogen-bond acceptors (Lipinski definition) is 6. The van der Waals surface area contributed by atoms with Gasteiger partial charge < -0.3 is 28.8 Å². The van der Waals surface area contributed by atoms with Gasteiger partial charge in [0.2, 0.25) is 0 Å². The van der Waals surface area contributed by atoms with Crippen LogP contribution in [0.1, 0.15) is 108 Å². The molecule has 0 heterocycles. The van der Waals surface area contributed by atoms with Crippen LogP contribution in [0.3, 0.4) is 0 Å². The van der Waals surface area contributed by atoms with Gasteiger partial charge in [0.1, 0.15) is 11.7 Å². The van der Waals surface area contributed by atoms with Crippen molar-refractivity contribution in [2.24, 2.45) is 0 Å². The summed E-state index contributed by atoms with van der Waals surface area (Å²) in [6.45, 7) is 5.97. The topological polar surface area (TPSA) is 66.4 Å². The standard InChI is InChI=1S/C44H62O6/c1-4-6-7-8-9-10-11-12-13-14-24-31-43(5-2)49-37-42(45)36-46-32-33-47-38(3)48-34-35-50-44(39-25-18-15-19-26-39,40-27-20-16-21-28-40)41-29-22-17-23-30-41/h1,15-23,25-30,38,42-43,45H,5-14,24,31-37H2,2-3H3. The van der Waals surface area contributed by atoms with Crippen molar-refractivity contribution >= 4 is 0 Å². The molecule has 6 heteroatoms. The molecule has 0 saturated heterocycles. The van der Waals surface area contributed by atoms with Gasteiger partial charge in [-0.1, -0.05) is 149 Å². The molecule has 0 radical (unpaired) electrons. The maximum absolute atomic E-state index is 10.4. The molecule has 0 aliphatic heterocycles. The van der Waals surface area contributed by atoms with Crippen LogP contribution >= 0.6 is 0 Å². The lowest BCUT2D eigenvalue weighted by molar-refractivity contribution is -0.155. The predicted molar refractivity (Wildman–Crippen MR) is 203 cm³/mol. The summed E-state index contributed by atoms with van der Waals surface area (Å²) in [5.41, 5.74) is 2.38. The molecule has 3 aromatic carbocycles.